The van der Waals surface area contributed by atoms with Gasteiger partial charge in [-0.15, -0.1) is 0 Å². The van der Waals surface area contributed by atoms with Crippen LogP contribution in [0.25, 0.3) is 0 Å². The number of hydrogen-bond acceptors (Lipinski definition) is 4. The van der Waals surface area contributed by atoms with Gasteiger partial charge in [0.15, 0.2) is 0 Å². The molecule has 3 N–H and O–H groups in total. The molecule has 0 aliphatic carbocycles. The van der Waals surface area contributed by atoms with Gasteiger partial charge in [-0.1, -0.05) is 17.7 Å². The first-order valence-electron chi connectivity index (χ1n) is 5.68. The highest BCUT2D eigenvalue weighted by atomic mass is 35.5. The summed E-state index contributed by atoms with van der Waals surface area (Å²) in [5.41, 5.74) is 7.38. The predicted octanol–water partition coefficient (Wildman–Crippen LogP) is 1.12. The van der Waals surface area contributed by atoms with E-state index >= 15 is 0 Å². The number of nitrogens with zero attached hydrogens (tertiary/aromatic N) is 1. The zero-order valence-electron chi connectivity index (χ0n) is 9.60. The molecule has 1 aliphatic heterocycles. The van der Waals surface area contributed by atoms with Crippen LogP contribution in [0.2, 0.25) is 5.02 Å². The fourth-order valence-corrected chi connectivity index (χ4v) is 2.22. The first-order chi connectivity index (χ1) is 8.19. The molecule has 0 radical (unpaired) electrons. The molecular weight excluding hydrogens is 240 g/mol. The van der Waals surface area contributed by atoms with E-state index in [1.165, 1.54) is 0 Å². The molecule has 0 amide bonds. The van der Waals surface area contributed by atoms with Gasteiger partial charge in [-0.05, 0) is 17.7 Å². The number of hydrogen-bond donors (Lipinski definition) is 2. The van der Waals surface area contributed by atoms with Gasteiger partial charge >= 0.3 is 0 Å². The topological polar surface area (TPSA) is 58.7 Å². The Morgan fingerprint density at radius 1 is 1.53 bits per heavy atom. The molecule has 0 bridgehead atoms. The van der Waals surface area contributed by atoms with Gasteiger partial charge in [0.2, 0.25) is 0 Å². The standard InChI is InChI=1S/C12H17ClN2O2/c13-12-5-10(14)2-1-9(12)6-15-3-4-17-11(7-15)8-16/h1-2,5,11,16H,3-4,6-8,14H2. The maximum absolute atomic E-state index is 9.07. The van der Waals surface area contributed by atoms with Crippen LogP contribution in [0.15, 0.2) is 18.2 Å². The van der Waals surface area contributed by atoms with Crippen LogP contribution in [0.1, 0.15) is 5.56 Å². The van der Waals surface area contributed by atoms with Crippen molar-refractivity contribution < 1.29 is 9.84 Å². The second-order valence-electron chi connectivity index (χ2n) is 4.26. The van der Waals surface area contributed by atoms with Gasteiger partial charge < -0.3 is 15.6 Å². The lowest BCUT2D eigenvalue weighted by atomic mass is 10.1. The number of nitrogens with two attached hydrogens (primary N) is 1. The van der Waals surface area contributed by atoms with Gasteiger partial charge in [0.25, 0.3) is 0 Å². The molecule has 1 atom stereocenters. The summed E-state index contributed by atoms with van der Waals surface area (Å²) in [6, 6.07) is 5.56. The maximum Gasteiger partial charge on any atom is 0.0933 e. The number of aliphatic hydroxyl groups is 1. The third-order valence-electron chi connectivity index (χ3n) is 2.90. The van der Waals surface area contributed by atoms with Crippen LogP contribution >= 0.6 is 11.6 Å². The van der Waals surface area contributed by atoms with E-state index in [1.54, 1.807) is 6.07 Å². The number of rotatable bonds is 3. The number of ether oxygens (including phenoxy) is 1. The predicted molar refractivity (Wildman–Crippen MR) is 68.0 cm³/mol. The number of halogens is 1. The Balaban J connectivity index is 2.00. The average molecular weight is 257 g/mol. The fraction of sp³-hybridized carbons (Fsp3) is 0.500. The Morgan fingerprint density at radius 2 is 2.35 bits per heavy atom. The quantitative estimate of drug-likeness (QED) is 0.796. The summed E-state index contributed by atoms with van der Waals surface area (Å²) in [4.78, 5) is 2.22. The maximum atomic E-state index is 9.07. The van der Waals surface area contributed by atoms with E-state index in [0.29, 0.717) is 17.3 Å². The molecule has 2 rings (SSSR count). The molecule has 94 valence electrons. The molecular formula is C12H17ClN2O2. The van der Waals surface area contributed by atoms with Crippen molar-refractivity contribution in [3.8, 4) is 0 Å². The van der Waals surface area contributed by atoms with Crippen LogP contribution in [-0.4, -0.2) is 42.4 Å². The minimum Gasteiger partial charge on any atom is -0.399 e. The Bertz CT molecular complexity index is 387. The van der Waals surface area contributed by atoms with E-state index in [4.69, 9.17) is 27.2 Å². The van der Waals surface area contributed by atoms with Crippen molar-refractivity contribution in [2.24, 2.45) is 0 Å². The van der Waals surface area contributed by atoms with Gasteiger partial charge in [0, 0.05) is 30.3 Å². The lowest BCUT2D eigenvalue weighted by Gasteiger charge is -2.32. The van der Waals surface area contributed by atoms with Crippen molar-refractivity contribution in [1.29, 1.82) is 0 Å². The van der Waals surface area contributed by atoms with Gasteiger partial charge in [0.1, 0.15) is 0 Å². The van der Waals surface area contributed by atoms with Crippen molar-refractivity contribution in [3.05, 3.63) is 28.8 Å². The first-order valence-corrected chi connectivity index (χ1v) is 6.05. The molecule has 1 saturated heterocycles. The molecule has 5 heteroatoms. The second kappa shape index (κ2) is 5.69. The highest BCUT2D eigenvalue weighted by Crippen LogP contribution is 2.21. The zero-order valence-corrected chi connectivity index (χ0v) is 10.4. The third-order valence-corrected chi connectivity index (χ3v) is 3.25. The molecule has 0 spiro atoms. The largest absolute Gasteiger partial charge is 0.399 e. The van der Waals surface area contributed by atoms with Crippen LogP contribution < -0.4 is 5.73 Å². The smallest absolute Gasteiger partial charge is 0.0933 e. The van der Waals surface area contributed by atoms with E-state index in [1.807, 2.05) is 12.1 Å². The minimum atomic E-state index is -0.0868. The Labute approximate surface area is 106 Å². The summed E-state index contributed by atoms with van der Waals surface area (Å²) in [5, 5.41) is 9.76. The van der Waals surface area contributed by atoms with Gasteiger partial charge in [0.05, 0.1) is 19.3 Å². The third kappa shape index (κ3) is 3.33. The Morgan fingerprint density at radius 3 is 3.06 bits per heavy atom. The van der Waals surface area contributed by atoms with E-state index < -0.39 is 0 Å². The van der Waals surface area contributed by atoms with Crippen molar-refractivity contribution in [3.63, 3.8) is 0 Å². The van der Waals surface area contributed by atoms with Crippen LogP contribution in [0.3, 0.4) is 0 Å². The van der Waals surface area contributed by atoms with E-state index in [0.717, 1.165) is 25.2 Å². The van der Waals surface area contributed by atoms with Crippen molar-refractivity contribution in [2.75, 3.05) is 32.0 Å². The number of anilines is 1. The molecule has 1 aromatic carbocycles. The number of benzene rings is 1. The van der Waals surface area contributed by atoms with Crippen LogP contribution in [0.5, 0.6) is 0 Å². The number of nitrogen functional groups attached to an aromatic ring is 1. The molecule has 1 fully saturated rings. The Kier molecular flexibility index (Phi) is 4.23. The van der Waals surface area contributed by atoms with E-state index in [9.17, 15) is 0 Å². The van der Waals surface area contributed by atoms with Crippen LogP contribution in [-0.2, 0) is 11.3 Å². The van der Waals surface area contributed by atoms with Crippen molar-refractivity contribution in [2.45, 2.75) is 12.6 Å². The summed E-state index contributed by atoms with van der Waals surface area (Å²) in [6.07, 6.45) is -0.0868. The average Bonchev–Trinajstić information content (AvgIpc) is 2.33. The molecule has 0 aromatic heterocycles. The molecule has 4 nitrogen and oxygen atoms in total. The molecule has 1 heterocycles. The summed E-state index contributed by atoms with van der Waals surface area (Å²) in [5.74, 6) is 0. The van der Waals surface area contributed by atoms with Gasteiger partial charge in [-0.3, -0.25) is 4.90 Å². The van der Waals surface area contributed by atoms with Crippen LogP contribution in [0.4, 0.5) is 5.69 Å². The zero-order chi connectivity index (χ0) is 12.3. The number of aliphatic hydroxyl groups excluding tert-OH is 1. The summed E-state index contributed by atoms with van der Waals surface area (Å²) in [7, 11) is 0. The van der Waals surface area contributed by atoms with Gasteiger partial charge in [-0.25, -0.2) is 0 Å². The normalized spacial score (nSPS) is 21.6. The van der Waals surface area contributed by atoms with Crippen molar-refractivity contribution in [1.82, 2.24) is 4.90 Å². The molecule has 1 aliphatic rings. The Hall–Kier alpha value is -0.810. The molecule has 17 heavy (non-hydrogen) atoms. The fourth-order valence-electron chi connectivity index (χ4n) is 1.97. The number of morpholine rings is 1. The van der Waals surface area contributed by atoms with Crippen LogP contribution in [0, 0.1) is 0 Å². The van der Waals surface area contributed by atoms with Gasteiger partial charge in [-0.2, -0.15) is 0 Å². The summed E-state index contributed by atoms with van der Waals surface area (Å²) < 4.78 is 5.40. The van der Waals surface area contributed by atoms with E-state index in [2.05, 4.69) is 4.90 Å². The van der Waals surface area contributed by atoms with Crippen molar-refractivity contribution >= 4 is 17.3 Å². The lowest BCUT2D eigenvalue weighted by molar-refractivity contribution is -0.0550. The second-order valence-corrected chi connectivity index (χ2v) is 4.67. The summed E-state index contributed by atoms with van der Waals surface area (Å²) >= 11 is 6.13. The monoisotopic (exact) mass is 256 g/mol. The highest BCUT2D eigenvalue weighted by molar-refractivity contribution is 6.31. The first kappa shape index (κ1) is 12.6. The van der Waals surface area contributed by atoms with E-state index in [-0.39, 0.29) is 12.7 Å². The minimum absolute atomic E-state index is 0.0615. The lowest BCUT2D eigenvalue weighted by Crippen LogP contribution is -2.43. The summed E-state index contributed by atoms with van der Waals surface area (Å²) in [6.45, 7) is 3.07. The SMILES string of the molecule is Nc1ccc(CN2CCOC(CO)C2)c(Cl)c1. The molecule has 0 saturated carbocycles. The molecule has 1 aromatic rings. The highest BCUT2D eigenvalue weighted by Gasteiger charge is 2.20. The molecule has 1 unspecified atom stereocenters.